The number of likely N-dealkylation sites (N-methyl/N-ethyl adjacent to an activating group) is 1. The summed E-state index contributed by atoms with van der Waals surface area (Å²) in [6.07, 6.45) is 0. The lowest BCUT2D eigenvalue weighted by atomic mass is 9.90. The Morgan fingerprint density at radius 2 is 1.73 bits per heavy atom. The van der Waals surface area contributed by atoms with Crippen LogP contribution in [0.25, 0.3) is 0 Å². The number of benzene rings is 2. The van der Waals surface area contributed by atoms with Crippen LogP contribution in [0.1, 0.15) is 40.0 Å². The number of ether oxygens (including phenoxy) is 1. The van der Waals surface area contributed by atoms with Crippen molar-refractivity contribution < 1.29 is 23.5 Å². The van der Waals surface area contributed by atoms with E-state index in [0.29, 0.717) is 49.6 Å². The van der Waals surface area contributed by atoms with Crippen LogP contribution in [0.15, 0.2) is 53.7 Å². The van der Waals surface area contributed by atoms with Gasteiger partial charge in [0.2, 0.25) is 0 Å². The van der Waals surface area contributed by atoms with Gasteiger partial charge in [-0.2, -0.15) is 0 Å². The number of rotatable bonds is 6. The van der Waals surface area contributed by atoms with Crippen molar-refractivity contribution in [2.24, 2.45) is 0 Å². The number of carbonyl (C=O) groups excluding carboxylic acids is 3. The average molecular weight is 509 g/mol. The number of urea groups is 1. The minimum absolute atomic E-state index is 0.143. The van der Waals surface area contributed by atoms with Crippen LogP contribution in [0, 0.1) is 19.7 Å². The molecule has 0 spiro atoms. The Morgan fingerprint density at radius 3 is 2.35 bits per heavy atom. The molecule has 0 aromatic heterocycles. The number of piperazine rings is 1. The molecular weight excluding hydrogens is 475 g/mol. The Labute approximate surface area is 216 Å². The summed E-state index contributed by atoms with van der Waals surface area (Å²) in [6.45, 7) is 8.39. The van der Waals surface area contributed by atoms with Crippen LogP contribution < -0.4 is 5.32 Å². The summed E-state index contributed by atoms with van der Waals surface area (Å²) in [7, 11) is 1.65. The van der Waals surface area contributed by atoms with Crippen molar-refractivity contribution in [3.8, 4) is 0 Å². The third kappa shape index (κ3) is 5.67. The van der Waals surface area contributed by atoms with E-state index in [0.717, 1.165) is 16.7 Å². The predicted octanol–water partition coefficient (Wildman–Crippen LogP) is 3.41. The highest BCUT2D eigenvalue weighted by Crippen LogP contribution is 2.33. The number of amides is 3. The smallest absolute Gasteiger partial charge is 0.338 e. The maximum Gasteiger partial charge on any atom is 0.338 e. The number of hydrogen-bond donors (Lipinski definition) is 1. The number of esters is 1. The molecular formula is C28H33FN4O4. The summed E-state index contributed by atoms with van der Waals surface area (Å²) in [5, 5.41) is 2.97. The van der Waals surface area contributed by atoms with Crippen LogP contribution in [0.4, 0.5) is 9.18 Å². The second-order valence-corrected chi connectivity index (χ2v) is 9.46. The second kappa shape index (κ2) is 11.1. The van der Waals surface area contributed by atoms with Gasteiger partial charge in [0.1, 0.15) is 5.82 Å². The van der Waals surface area contributed by atoms with E-state index in [1.807, 2.05) is 32.0 Å². The molecule has 0 saturated carbocycles. The van der Waals surface area contributed by atoms with Gasteiger partial charge in [-0.1, -0.05) is 23.8 Å². The lowest BCUT2D eigenvalue weighted by Crippen LogP contribution is -2.53. The maximum atomic E-state index is 13.2. The van der Waals surface area contributed by atoms with Gasteiger partial charge in [-0.3, -0.25) is 14.6 Å². The maximum absolute atomic E-state index is 13.2. The highest BCUT2D eigenvalue weighted by Gasteiger charge is 2.38. The molecule has 9 heteroatoms. The van der Waals surface area contributed by atoms with Gasteiger partial charge in [0.05, 0.1) is 18.2 Å². The van der Waals surface area contributed by atoms with E-state index < -0.39 is 12.0 Å². The van der Waals surface area contributed by atoms with Crippen molar-refractivity contribution >= 4 is 17.9 Å². The molecule has 0 aliphatic carbocycles. The molecule has 0 bridgehead atoms. The van der Waals surface area contributed by atoms with Gasteiger partial charge >= 0.3 is 12.0 Å². The molecule has 2 aromatic carbocycles. The molecule has 1 saturated heterocycles. The molecule has 4 rings (SSSR count). The molecule has 1 N–H and O–H groups in total. The summed E-state index contributed by atoms with van der Waals surface area (Å²) in [5.74, 6) is -0.985. The minimum Gasteiger partial charge on any atom is -0.463 e. The molecule has 2 heterocycles. The van der Waals surface area contributed by atoms with Gasteiger partial charge in [0.25, 0.3) is 5.91 Å². The second-order valence-electron chi connectivity index (χ2n) is 9.46. The topological polar surface area (TPSA) is 82.2 Å². The minimum atomic E-state index is -0.625. The van der Waals surface area contributed by atoms with Crippen molar-refractivity contribution in [1.29, 1.82) is 0 Å². The summed E-state index contributed by atoms with van der Waals surface area (Å²) < 4.78 is 18.7. The lowest BCUT2D eigenvalue weighted by Gasteiger charge is -2.39. The van der Waals surface area contributed by atoms with Gasteiger partial charge < -0.3 is 15.0 Å². The zero-order chi connectivity index (χ0) is 26.7. The molecule has 3 amide bonds. The van der Waals surface area contributed by atoms with E-state index in [2.05, 4.69) is 10.2 Å². The highest BCUT2D eigenvalue weighted by molar-refractivity contribution is 5.95. The fourth-order valence-corrected chi connectivity index (χ4v) is 4.88. The van der Waals surface area contributed by atoms with Gasteiger partial charge in [-0.15, -0.1) is 0 Å². The van der Waals surface area contributed by atoms with E-state index in [1.165, 1.54) is 29.2 Å². The van der Waals surface area contributed by atoms with Crippen LogP contribution in [-0.2, 0) is 9.53 Å². The molecule has 2 aromatic rings. The fourth-order valence-electron chi connectivity index (χ4n) is 4.88. The largest absolute Gasteiger partial charge is 0.463 e. The van der Waals surface area contributed by atoms with E-state index in [1.54, 1.807) is 18.9 Å². The molecule has 1 atom stereocenters. The first-order valence-corrected chi connectivity index (χ1v) is 12.5. The molecule has 1 fully saturated rings. The number of hydrogen-bond acceptors (Lipinski definition) is 5. The van der Waals surface area contributed by atoms with E-state index in [4.69, 9.17) is 4.74 Å². The monoisotopic (exact) mass is 508 g/mol. The Hall–Kier alpha value is -3.72. The summed E-state index contributed by atoms with van der Waals surface area (Å²) >= 11 is 0. The number of nitrogens with one attached hydrogen (secondary N) is 1. The van der Waals surface area contributed by atoms with Gasteiger partial charge in [0.15, 0.2) is 0 Å². The molecule has 0 radical (unpaired) electrons. The van der Waals surface area contributed by atoms with Crippen LogP contribution in [0.3, 0.4) is 0 Å². The van der Waals surface area contributed by atoms with Crippen molar-refractivity contribution in [2.75, 3.05) is 46.4 Å². The quantitative estimate of drug-likeness (QED) is 0.605. The first-order valence-electron chi connectivity index (χ1n) is 12.5. The van der Waals surface area contributed by atoms with Crippen LogP contribution in [0.2, 0.25) is 0 Å². The van der Waals surface area contributed by atoms with Gasteiger partial charge in [-0.05, 0) is 56.2 Å². The summed E-state index contributed by atoms with van der Waals surface area (Å²) in [5.41, 5.74) is 4.37. The Morgan fingerprint density at radius 1 is 1.05 bits per heavy atom. The Balaban J connectivity index is 1.58. The van der Waals surface area contributed by atoms with Crippen LogP contribution in [-0.4, -0.2) is 79.0 Å². The van der Waals surface area contributed by atoms with Crippen molar-refractivity contribution in [2.45, 2.75) is 26.8 Å². The summed E-state index contributed by atoms with van der Waals surface area (Å²) in [6, 6.07) is 10.6. The standard InChI is InChI=1S/C28H33FN4O4/c1-5-37-27(35)24-23(31(4)28(36)30-25(24)22-11-6-18(2)16-19(22)3)17-32-12-14-33(15-13-32)26(34)20-7-9-21(29)10-8-20/h6-11,16,25H,5,12-15,17H2,1-4H3,(H,30,36). The molecule has 37 heavy (non-hydrogen) atoms. The molecule has 196 valence electrons. The number of carbonyl (C=O) groups is 3. The third-order valence-corrected chi connectivity index (χ3v) is 6.93. The zero-order valence-corrected chi connectivity index (χ0v) is 21.7. The lowest BCUT2D eigenvalue weighted by molar-refractivity contribution is -0.139. The number of nitrogens with zero attached hydrogens (tertiary/aromatic N) is 3. The highest BCUT2D eigenvalue weighted by atomic mass is 19.1. The third-order valence-electron chi connectivity index (χ3n) is 6.93. The van der Waals surface area contributed by atoms with Crippen molar-refractivity contribution in [3.05, 3.63) is 81.8 Å². The van der Waals surface area contributed by atoms with Crippen LogP contribution in [0.5, 0.6) is 0 Å². The van der Waals surface area contributed by atoms with Crippen LogP contribution >= 0.6 is 0 Å². The van der Waals surface area contributed by atoms with Crippen molar-refractivity contribution in [1.82, 2.24) is 20.0 Å². The van der Waals surface area contributed by atoms with Gasteiger partial charge in [0, 0.05) is 51.0 Å². The Kier molecular flexibility index (Phi) is 7.92. The summed E-state index contributed by atoms with van der Waals surface area (Å²) in [4.78, 5) is 44.4. The first-order chi connectivity index (χ1) is 17.7. The van der Waals surface area contributed by atoms with Gasteiger partial charge in [-0.25, -0.2) is 14.0 Å². The molecule has 2 aliphatic rings. The average Bonchev–Trinajstić information content (AvgIpc) is 2.87. The normalized spacial score (nSPS) is 18.6. The zero-order valence-electron chi connectivity index (χ0n) is 21.7. The number of halogens is 1. The van der Waals surface area contributed by atoms with Crippen molar-refractivity contribution in [3.63, 3.8) is 0 Å². The number of aryl methyl sites for hydroxylation is 2. The van der Waals surface area contributed by atoms with E-state index in [-0.39, 0.29) is 24.4 Å². The van der Waals surface area contributed by atoms with E-state index in [9.17, 15) is 18.8 Å². The first kappa shape index (κ1) is 26.3. The molecule has 8 nitrogen and oxygen atoms in total. The molecule has 2 aliphatic heterocycles. The SMILES string of the molecule is CCOC(=O)C1=C(CN2CCN(C(=O)c3ccc(F)cc3)CC2)N(C)C(=O)NC1c1ccc(C)cc1C. The predicted molar refractivity (Wildman–Crippen MR) is 137 cm³/mol. The Bertz CT molecular complexity index is 1220. The fraction of sp³-hybridized carbons (Fsp3) is 0.393. The molecule has 1 unspecified atom stereocenters. The van der Waals surface area contributed by atoms with E-state index >= 15 is 0 Å².